The number of ether oxygens (including phenoxy) is 1. The van der Waals surface area contributed by atoms with E-state index >= 15 is 0 Å². The van der Waals surface area contributed by atoms with Crippen molar-refractivity contribution in [2.45, 2.75) is 49.8 Å². The highest BCUT2D eigenvalue weighted by Gasteiger charge is 2.23. The maximum absolute atomic E-state index is 11.7. The second-order valence-electron chi connectivity index (χ2n) is 6.07. The van der Waals surface area contributed by atoms with Crippen molar-refractivity contribution in [2.24, 2.45) is 0 Å². The summed E-state index contributed by atoms with van der Waals surface area (Å²) in [6.45, 7) is 5.53. The van der Waals surface area contributed by atoms with Crippen LogP contribution in [0.15, 0.2) is 29.4 Å². The molecular weight excluding hydrogens is 300 g/mol. The summed E-state index contributed by atoms with van der Waals surface area (Å²) in [4.78, 5) is 21.3. The zero-order valence-electron chi connectivity index (χ0n) is 13.3. The molecule has 0 fully saturated rings. The Kier molecular flexibility index (Phi) is 5.28. The summed E-state index contributed by atoms with van der Waals surface area (Å²) in [5, 5.41) is 6.07. The summed E-state index contributed by atoms with van der Waals surface area (Å²) in [5.74, 6) is 0.588. The van der Waals surface area contributed by atoms with Gasteiger partial charge in [0.1, 0.15) is 5.60 Å². The Labute approximate surface area is 135 Å². The normalized spacial score (nSPS) is 20.7. The van der Waals surface area contributed by atoms with E-state index in [1.54, 1.807) is 24.2 Å². The van der Waals surface area contributed by atoms with E-state index in [9.17, 15) is 4.79 Å². The van der Waals surface area contributed by atoms with Gasteiger partial charge in [-0.25, -0.2) is 14.8 Å². The number of anilines is 1. The number of carbonyl (C=O) groups is 1. The molecule has 7 heteroatoms. The Morgan fingerprint density at radius 2 is 1.91 bits per heavy atom. The molecule has 0 radical (unpaired) electrons. The quantitative estimate of drug-likeness (QED) is 0.656. The van der Waals surface area contributed by atoms with Gasteiger partial charge in [0.15, 0.2) is 0 Å². The predicted molar refractivity (Wildman–Crippen MR) is 88.1 cm³/mol. The number of nitrogens with one attached hydrogen (secondary N) is 2. The van der Waals surface area contributed by atoms with Crippen LogP contribution < -0.4 is 10.6 Å². The van der Waals surface area contributed by atoms with Gasteiger partial charge in [-0.1, -0.05) is 12.2 Å². The number of nitrogens with zero attached hydrogens (tertiary/aromatic N) is 2. The first-order chi connectivity index (χ1) is 10.4. The Morgan fingerprint density at radius 3 is 2.50 bits per heavy atom. The molecule has 1 heterocycles. The molecule has 2 N–H and O–H groups in total. The Hall–Kier alpha value is -1.76. The minimum Gasteiger partial charge on any atom is -0.444 e. The van der Waals surface area contributed by atoms with Gasteiger partial charge in [0.05, 0.1) is 6.04 Å². The molecule has 0 aliphatic heterocycles. The molecule has 2 atom stereocenters. The van der Waals surface area contributed by atoms with Crippen LogP contribution in [0.5, 0.6) is 0 Å². The maximum atomic E-state index is 11.7. The first-order valence-corrected chi connectivity index (χ1v) is 8.38. The van der Waals surface area contributed by atoms with E-state index in [1.165, 1.54) is 0 Å². The highest BCUT2D eigenvalue weighted by molar-refractivity contribution is 7.98. The van der Waals surface area contributed by atoms with Gasteiger partial charge in [-0.3, -0.25) is 0 Å². The van der Waals surface area contributed by atoms with Crippen LogP contribution in [0.25, 0.3) is 0 Å². The average molecular weight is 322 g/mol. The smallest absolute Gasteiger partial charge is 0.408 e. The van der Waals surface area contributed by atoms with E-state index in [0.717, 1.165) is 11.3 Å². The molecule has 2 rings (SSSR count). The number of alkyl carbamates (subject to hydrolysis) is 1. The minimum atomic E-state index is -0.489. The van der Waals surface area contributed by atoms with Crippen molar-refractivity contribution in [3.63, 3.8) is 0 Å². The van der Waals surface area contributed by atoms with Gasteiger partial charge in [0.25, 0.3) is 0 Å². The number of aromatic nitrogens is 2. The van der Waals surface area contributed by atoms with Gasteiger partial charge in [-0.2, -0.15) is 0 Å². The predicted octanol–water partition coefficient (Wildman–Crippen LogP) is 2.83. The van der Waals surface area contributed by atoms with Crippen LogP contribution in [0.4, 0.5) is 10.7 Å². The van der Waals surface area contributed by atoms with Crippen molar-refractivity contribution in [1.29, 1.82) is 0 Å². The largest absolute Gasteiger partial charge is 0.444 e. The highest BCUT2D eigenvalue weighted by Crippen LogP contribution is 2.17. The lowest BCUT2D eigenvalue weighted by Crippen LogP contribution is -2.38. The average Bonchev–Trinajstić information content (AvgIpc) is 2.84. The van der Waals surface area contributed by atoms with Crippen molar-refractivity contribution in [3.05, 3.63) is 24.5 Å². The van der Waals surface area contributed by atoms with Crippen molar-refractivity contribution in [2.75, 3.05) is 11.6 Å². The summed E-state index contributed by atoms with van der Waals surface area (Å²) >= 11 is 1.60. The van der Waals surface area contributed by atoms with Gasteiger partial charge in [0.2, 0.25) is 5.95 Å². The van der Waals surface area contributed by atoms with Crippen molar-refractivity contribution < 1.29 is 9.53 Å². The lowest BCUT2D eigenvalue weighted by Gasteiger charge is -2.21. The fraction of sp³-hybridized carbons (Fsp3) is 0.533. The molecule has 1 aliphatic carbocycles. The Bertz CT molecular complexity index is 539. The summed E-state index contributed by atoms with van der Waals surface area (Å²) in [6, 6.07) is 0.0536. The third-order valence-electron chi connectivity index (χ3n) is 2.96. The first kappa shape index (κ1) is 16.6. The van der Waals surface area contributed by atoms with Crippen LogP contribution in [0.2, 0.25) is 0 Å². The summed E-state index contributed by atoms with van der Waals surface area (Å²) in [5.41, 5.74) is -0.489. The minimum absolute atomic E-state index is 0.0437. The molecule has 6 nitrogen and oxygen atoms in total. The first-order valence-electron chi connectivity index (χ1n) is 7.16. The fourth-order valence-corrected chi connectivity index (χ4v) is 2.35. The number of hydrogen-bond acceptors (Lipinski definition) is 6. The second kappa shape index (κ2) is 7.00. The lowest BCUT2D eigenvalue weighted by molar-refractivity contribution is 0.0514. The number of thioether (sulfide) groups is 1. The third-order valence-corrected chi connectivity index (χ3v) is 3.65. The molecule has 1 aromatic heterocycles. The van der Waals surface area contributed by atoms with Crippen LogP contribution in [0.1, 0.15) is 27.2 Å². The molecule has 22 heavy (non-hydrogen) atoms. The summed E-state index contributed by atoms with van der Waals surface area (Å²) in [7, 11) is 0. The zero-order chi connectivity index (χ0) is 16.2. The van der Waals surface area contributed by atoms with Crippen LogP contribution in [-0.4, -0.2) is 40.0 Å². The molecular formula is C15H22N4O2S. The molecule has 1 amide bonds. The molecule has 0 unspecified atom stereocenters. The molecule has 1 aromatic rings. The zero-order valence-corrected chi connectivity index (χ0v) is 14.1. The molecule has 1 aliphatic rings. The summed E-state index contributed by atoms with van der Waals surface area (Å²) < 4.78 is 5.25. The van der Waals surface area contributed by atoms with E-state index in [0.29, 0.717) is 5.95 Å². The van der Waals surface area contributed by atoms with Crippen molar-refractivity contribution in [3.8, 4) is 0 Å². The number of rotatable bonds is 4. The van der Waals surface area contributed by atoms with E-state index in [4.69, 9.17) is 4.74 Å². The van der Waals surface area contributed by atoms with E-state index in [-0.39, 0.29) is 12.1 Å². The van der Waals surface area contributed by atoms with E-state index in [2.05, 4.69) is 20.6 Å². The van der Waals surface area contributed by atoms with Gasteiger partial charge < -0.3 is 15.4 Å². The standard InChI is InChI=1S/C15H22N4O2S/c1-15(2,3)21-14(20)19-11-6-5-10(7-11)18-13-16-8-12(22-4)9-17-13/h5-6,8-11H,7H2,1-4H3,(H,19,20)(H,16,17,18)/t10-,11-/m0/s1. The molecule has 0 bridgehead atoms. The number of hydrogen-bond donors (Lipinski definition) is 2. The highest BCUT2D eigenvalue weighted by atomic mass is 32.2. The van der Waals surface area contributed by atoms with Crippen LogP contribution in [0, 0.1) is 0 Å². The molecule has 0 aromatic carbocycles. The van der Waals surface area contributed by atoms with Crippen molar-refractivity contribution >= 4 is 23.8 Å². The molecule has 0 saturated heterocycles. The van der Waals surface area contributed by atoms with Crippen molar-refractivity contribution in [1.82, 2.24) is 15.3 Å². The third kappa shape index (κ3) is 5.22. The van der Waals surface area contributed by atoms with Gasteiger partial charge in [-0.05, 0) is 33.4 Å². The summed E-state index contributed by atoms with van der Waals surface area (Å²) in [6.07, 6.45) is 9.87. The Balaban J connectivity index is 1.80. The number of carbonyl (C=O) groups excluding carboxylic acids is 1. The van der Waals surface area contributed by atoms with Crippen LogP contribution in [0.3, 0.4) is 0 Å². The lowest BCUT2D eigenvalue weighted by atomic mass is 10.2. The molecule has 120 valence electrons. The fourth-order valence-electron chi connectivity index (χ4n) is 2.03. The monoisotopic (exact) mass is 322 g/mol. The Morgan fingerprint density at radius 1 is 1.27 bits per heavy atom. The second-order valence-corrected chi connectivity index (χ2v) is 6.95. The van der Waals surface area contributed by atoms with Crippen LogP contribution >= 0.6 is 11.8 Å². The van der Waals surface area contributed by atoms with E-state index in [1.807, 2.05) is 39.2 Å². The molecule has 0 spiro atoms. The van der Waals surface area contributed by atoms with E-state index < -0.39 is 11.7 Å². The topological polar surface area (TPSA) is 76.1 Å². The molecule has 0 saturated carbocycles. The SMILES string of the molecule is CSc1cnc(N[C@H]2C=C[C@H](NC(=O)OC(C)(C)C)C2)nc1. The van der Waals surface area contributed by atoms with Gasteiger partial charge in [0, 0.05) is 23.3 Å². The van der Waals surface area contributed by atoms with Gasteiger partial charge >= 0.3 is 6.09 Å². The van der Waals surface area contributed by atoms with Crippen LogP contribution in [-0.2, 0) is 4.74 Å². The number of amides is 1. The maximum Gasteiger partial charge on any atom is 0.408 e. The van der Waals surface area contributed by atoms with Gasteiger partial charge in [-0.15, -0.1) is 11.8 Å².